The highest BCUT2D eigenvalue weighted by molar-refractivity contribution is 7.00. The third-order valence-electron chi connectivity index (χ3n) is 20.9. The number of hydrogen-bond acceptors (Lipinski definition) is 9. The molecule has 0 atom stereocenters. The molecule has 0 spiro atoms. The second kappa shape index (κ2) is 28.2. The van der Waals surface area contributed by atoms with Gasteiger partial charge in [-0.2, -0.15) is 0 Å². The van der Waals surface area contributed by atoms with E-state index in [0.717, 1.165) is 145 Å². The first kappa shape index (κ1) is 65.9. The van der Waals surface area contributed by atoms with Crippen LogP contribution in [0.3, 0.4) is 0 Å². The molecule has 0 unspecified atom stereocenters. The summed E-state index contributed by atoms with van der Waals surface area (Å²) >= 11 is 0. The first-order chi connectivity index (χ1) is 54.3. The average Bonchev–Trinajstić information content (AvgIpc) is 0.815. The Kier molecular flexibility index (Phi) is 16.9. The van der Waals surface area contributed by atoms with Gasteiger partial charge in [-0.05, 0) is 169 Å². The number of benzene rings is 15. The normalized spacial score (nSPS) is 11.9. The molecule has 2 aromatic heterocycles. The Balaban J connectivity index is 0.854. The lowest BCUT2D eigenvalue weighted by Gasteiger charge is -2.44. The van der Waals surface area contributed by atoms with Crippen LogP contribution in [0.15, 0.2) is 364 Å². The Hall–Kier alpha value is -14.8. The fourth-order valence-electron chi connectivity index (χ4n) is 15.6. The zero-order chi connectivity index (χ0) is 73.6. The second-order valence-electron chi connectivity index (χ2n) is 27.5. The second-order valence-corrected chi connectivity index (χ2v) is 27.5. The monoisotopic (exact) mass is 1410 g/mol. The molecule has 2 aliphatic heterocycles. The minimum absolute atomic E-state index is 0.0928. The zero-order valence-corrected chi connectivity index (χ0v) is 59.4. The molecule has 0 bridgehead atoms. The molecule has 110 heavy (non-hydrogen) atoms. The molecule has 0 aliphatic carbocycles. The third-order valence-corrected chi connectivity index (χ3v) is 20.9. The molecule has 518 valence electrons. The average molecular weight is 1410 g/mol. The molecule has 17 aromatic rings. The van der Waals surface area contributed by atoms with Crippen molar-refractivity contribution in [2.45, 2.75) is 13.2 Å². The summed E-state index contributed by atoms with van der Waals surface area (Å²) < 4.78 is 14.6. The van der Waals surface area contributed by atoms with E-state index in [1.807, 2.05) is 194 Å². The van der Waals surface area contributed by atoms with Crippen LogP contribution in [0, 0.1) is 6.57 Å². The highest BCUT2D eigenvalue weighted by atomic mass is 16.5. The van der Waals surface area contributed by atoms with Crippen molar-refractivity contribution in [1.82, 2.24) is 19.5 Å². The van der Waals surface area contributed by atoms with E-state index in [1.165, 1.54) is 0 Å². The van der Waals surface area contributed by atoms with Crippen LogP contribution in [0.5, 0.6) is 0 Å². The van der Waals surface area contributed by atoms with Crippen molar-refractivity contribution in [2.24, 2.45) is 0 Å². The molecule has 0 saturated carbocycles. The van der Waals surface area contributed by atoms with Gasteiger partial charge in [-0.3, -0.25) is 0 Å². The standard InChI is InChI=1S/C98H64BN7O4/c1-100-78-45-54-88(83(61-78)96-102-94(71-33-19-7-20-34-71)101-95(103-96)72-35-21-8-22-36-72)106-86-50-41-73(68-31-17-6-18-32-68)55-81(86)82-56-74(42-51-87(82)106)77-59-91-93-92(60-77)105(80-48-39-70(40-49-80)67-29-15-5-16-30-67)90-53-44-76(98(108)110-63-65-25-11-3-12-26-65)58-85(90)99(93)84-57-75(97(107)109-62-64-23-9-2-10-24-64)43-52-89(84)104(91)79-46-37-69(38-47-79)66-27-13-4-14-28-66/h2-61H,62-63H2. The van der Waals surface area contributed by atoms with Crippen LogP contribution in [-0.4, -0.2) is 38.2 Å². The van der Waals surface area contributed by atoms with E-state index < -0.39 is 18.7 Å². The fourth-order valence-corrected chi connectivity index (χ4v) is 15.6. The van der Waals surface area contributed by atoms with E-state index in [-0.39, 0.29) is 13.2 Å². The summed E-state index contributed by atoms with van der Waals surface area (Å²) in [5.41, 5.74) is 24.2. The first-order valence-electron chi connectivity index (χ1n) is 36.6. The lowest BCUT2D eigenvalue weighted by Crippen LogP contribution is -2.61. The molecule has 11 nitrogen and oxygen atoms in total. The lowest BCUT2D eigenvalue weighted by atomic mass is 9.33. The fraction of sp³-hybridized carbons (Fsp3) is 0.0204. The van der Waals surface area contributed by atoms with Crippen molar-refractivity contribution in [2.75, 3.05) is 9.80 Å². The Labute approximate surface area is 636 Å². The topological polar surface area (TPSA) is 107 Å². The highest BCUT2D eigenvalue weighted by Crippen LogP contribution is 2.49. The molecule has 2 aliphatic rings. The summed E-state index contributed by atoms with van der Waals surface area (Å²) in [4.78, 5) is 53.8. The molecule has 15 aromatic carbocycles. The van der Waals surface area contributed by atoms with Gasteiger partial charge in [-0.15, -0.1) is 0 Å². The third kappa shape index (κ3) is 12.3. The quantitative estimate of drug-likeness (QED) is 0.0531. The van der Waals surface area contributed by atoms with Crippen molar-refractivity contribution in [3.05, 3.63) is 398 Å². The van der Waals surface area contributed by atoms with Crippen LogP contribution < -0.4 is 26.2 Å². The number of carbonyl (C=O) groups is 2. The predicted molar refractivity (Wildman–Crippen MR) is 444 cm³/mol. The van der Waals surface area contributed by atoms with Gasteiger partial charge in [0.05, 0.1) is 34.4 Å². The van der Waals surface area contributed by atoms with E-state index in [9.17, 15) is 9.59 Å². The van der Waals surface area contributed by atoms with Crippen LogP contribution in [0.1, 0.15) is 31.8 Å². The van der Waals surface area contributed by atoms with Gasteiger partial charge in [0.2, 0.25) is 0 Å². The maximum Gasteiger partial charge on any atom is 0.338 e. The maximum absolute atomic E-state index is 14.7. The molecule has 4 heterocycles. The molecule has 12 heteroatoms. The molecule has 19 rings (SSSR count). The number of hydrogen-bond donors (Lipinski definition) is 0. The van der Waals surface area contributed by atoms with Crippen LogP contribution >= 0.6 is 0 Å². The minimum Gasteiger partial charge on any atom is -0.457 e. The Morgan fingerprint density at radius 2 is 0.691 bits per heavy atom. The van der Waals surface area contributed by atoms with Gasteiger partial charge in [0, 0.05) is 61.6 Å². The van der Waals surface area contributed by atoms with Gasteiger partial charge in [-0.25, -0.2) is 29.4 Å². The molecule has 0 fully saturated rings. The lowest BCUT2D eigenvalue weighted by molar-refractivity contribution is 0.0464. The van der Waals surface area contributed by atoms with Gasteiger partial charge in [0.1, 0.15) is 13.2 Å². The van der Waals surface area contributed by atoms with E-state index in [2.05, 4.69) is 189 Å². The molecule has 0 amide bonds. The molecular formula is C98H64BN7O4. The summed E-state index contributed by atoms with van der Waals surface area (Å²) in [6.07, 6.45) is 0. The number of aromatic nitrogens is 4. The Morgan fingerprint density at radius 3 is 1.12 bits per heavy atom. The van der Waals surface area contributed by atoms with Gasteiger partial charge in [0.25, 0.3) is 6.71 Å². The number of rotatable bonds is 16. The number of anilines is 6. The van der Waals surface area contributed by atoms with Gasteiger partial charge in [0.15, 0.2) is 23.2 Å². The Morgan fingerprint density at radius 1 is 0.327 bits per heavy atom. The van der Waals surface area contributed by atoms with E-state index in [1.54, 1.807) is 0 Å². The summed E-state index contributed by atoms with van der Waals surface area (Å²) in [6.45, 7) is 8.03. The minimum atomic E-state index is -0.556. The number of carbonyl (C=O) groups excluding carboxylic acids is 2. The highest BCUT2D eigenvalue weighted by Gasteiger charge is 2.45. The molecular weight excluding hydrogens is 1350 g/mol. The summed E-state index contributed by atoms with van der Waals surface area (Å²) in [5, 5.41) is 1.99. The largest absolute Gasteiger partial charge is 0.457 e. The van der Waals surface area contributed by atoms with Gasteiger partial charge in [-0.1, -0.05) is 267 Å². The van der Waals surface area contributed by atoms with Crippen molar-refractivity contribution < 1.29 is 19.1 Å². The molecule has 0 N–H and O–H groups in total. The summed E-state index contributed by atoms with van der Waals surface area (Å²) in [7, 11) is 0. The van der Waals surface area contributed by atoms with Crippen LogP contribution in [0.4, 0.5) is 39.8 Å². The number of esters is 2. The van der Waals surface area contributed by atoms with Gasteiger partial charge < -0.3 is 23.8 Å². The smallest absolute Gasteiger partial charge is 0.338 e. The molecule has 0 saturated heterocycles. The molecule has 0 radical (unpaired) electrons. The van der Waals surface area contributed by atoms with Crippen molar-refractivity contribution in [3.8, 4) is 84.4 Å². The number of nitrogens with zero attached hydrogens (tertiary/aromatic N) is 7. The summed E-state index contributed by atoms with van der Waals surface area (Å²) in [6, 6.07) is 124. The van der Waals surface area contributed by atoms with Crippen LogP contribution in [0.25, 0.3) is 111 Å². The maximum atomic E-state index is 14.7. The zero-order valence-electron chi connectivity index (χ0n) is 59.4. The number of ether oxygens (including phenoxy) is 2. The van der Waals surface area contributed by atoms with Crippen molar-refractivity contribution in [3.63, 3.8) is 0 Å². The van der Waals surface area contributed by atoms with Crippen molar-refractivity contribution >= 4 is 96.7 Å². The van der Waals surface area contributed by atoms with Gasteiger partial charge >= 0.3 is 11.9 Å². The van der Waals surface area contributed by atoms with Crippen molar-refractivity contribution in [1.29, 1.82) is 0 Å². The predicted octanol–water partition coefficient (Wildman–Crippen LogP) is 22.0. The van der Waals surface area contributed by atoms with E-state index >= 15 is 0 Å². The van der Waals surface area contributed by atoms with E-state index in [0.29, 0.717) is 39.9 Å². The SMILES string of the molecule is [C-]#[N+]c1ccc(-n2c3ccc(-c4ccccc4)cc3c3cc(-c4cc5c6c(c4)N(c4ccc(-c7ccccc7)cc4)c4ccc(C(=O)OCc7ccccc7)cc4B6c4cc(C(=O)OCc6ccccc6)ccc4N5c4ccc(-c5ccccc5)cc4)ccc32)c(-c2nc(-c3ccccc3)nc(-c3ccccc3)n2)c1. The van der Waals surface area contributed by atoms with Crippen LogP contribution in [-0.2, 0) is 22.7 Å². The Bertz CT molecular complexity index is 6170. The summed E-state index contributed by atoms with van der Waals surface area (Å²) in [5.74, 6) is 0.515. The van der Waals surface area contributed by atoms with Crippen LogP contribution in [0.2, 0.25) is 0 Å². The number of fused-ring (bicyclic) bond motifs is 7. The first-order valence-corrected chi connectivity index (χ1v) is 36.6. The van der Waals surface area contributed by atoms with E-state index in [4.69, 9.17) is 31.0 Å².